The average Bonchev–Trinajstić information content (AvgIpc) is 2.63. The van der Waals surface area contributed by atoms with E-state index in [9.17, 15) is 5.26 Å². The molecule has 3 aromatic rings. The van der Waals surface area contributed by atoms with Crippen LogP contribution in [-0.2, 0) is 13.1 Å². The summed E-state index contributed by atoms with van der Waals surface area (Å²) in [5.41, 5.74) is 4.15. The maximum atomic E-state index is 9.42. The number of hydrogen-bond acceptors (Lipinski definition) is 2. The lowest BCUT2D eigenvalue weighted by atomic mass is 10.1. The molecular weight excluding hydrogens is 280 g/mol. The van der Waals surface area contributed by atoms with Crippen LogP contribution >= 0.6 is 0 Å². The van der Waals surface area contributed by atoms with Crippen LogP contribution in [0.25, 0.3) is 0 Å². The van der Waals surface area contributed by atoms with Crippen LogP contribution in [0.4, 0.5) is 5.69 Å². The van der Waals surface area contributed by atoms with E-state index in [2.05, 4.69) is 35.2 Å². The molecular formula is C21H18N2. The quantitative estimate of drug-likeness (QED) is 0.678. The Kier molecular flexibility index (Phi) is 4.71. The van der Waals surface area contributed by atoms with Gasteiger partial charge in [-0.3, -0.25) is 0 Å². The molecule has 0 heterocycles. The van der Waals surface area contributed by atoms with Crippen molar-refractivity contribution in [3.05, 3.63) is 102 Å². The first-order valence-corrected chi connectivity index (χ1v) is 7.69. The first-order valence-electron chi connectivity index (χ1n) is 7.69. The van der Waals surface area contributed by atoms with Crippen molar-refractivity contribution in [3.8, 4) is 6.07 Å². The molecule has 0 aliphatic rings. The minimum absolute atomic E-state index is 0.708. The fourth-order valence-electron chi connectivity index (χ4n) is 2.68. The van der Waals surface area contributed by atoms with Crippen molar-refractivity contribution in [3.63, 3.8) is 0 Å². The number of para-hydroxylation sites is 1. The second-order valence-electron chi connectivity index (χ2n) is 5.46. The van der Waals surface area contributed by atoms with Gasteiger partial charge in [0, 0.05) is 13.1 Å². The smallest absolute Gasteiger partial charge is 0.101 e. The standard InChI is InChI=1S/C21H18N2/c22-15-20-13-7-8-14-21(20)23(16-18-9-3-1-4-10-18)17-19-11-5-2-6-12-19/h1-14H,16-17H2. The van der Waals surface area contributed by atoms with Crippen LogP contribution in [0.15, 0.2) is 84.9 Å². The highest BCUT2D eigenvalue weighted by Gasteiger charge is 2.12. The van der Waals surface area contributed by atoms with Crippen molar-refractivity contribution >= 4 is 5.69 Å². The Morgan fingerprint density at radius 1 is 0.652 bits per heavy atom. The molecule has 0 fully saturated rings. The average molecular weight is 298 g/mol. The minimum Gasteiger partial charge on any atom is -0.362 e. The van der Waals surface area contributed by atoms with Gasteiger partial charge in [-0.15, -0.1) is 0 Å². The van der Waals surface area contributed by atoms with Crippen LogP contribution in [0.2, 0.25) is 0 Å². The van der Waals surface area contributed by atoms with E-state index in [-0.39, 0.29) is 0 Å². The van der Waals surface area contributed by atoms with Gasteiger partial charge in [-0.1, -0.05) is 72.8 Å². The summed E-state index contributed by atoms with van der Waals surface area (Å²) in [7, 11) is 0. The van der Waals surface area contributed by atoms with E-state index in [1.165, 1.54) is 11.1 Å². The zero-order valence-corrected chi connectivity index (χ0v) is 12.9. The largest absolute Gasteiger partial charge is 0.362 e. The van der Waals surface area contributed by atoms with E-state index in [1.807, 2.05) is 60.7 Å². The highest BCUT2D eigenvalue weighted by molar-refractivity contribution is 5.59. The summed E-state index contributed by atoms with van der Waals surface area (Å²) in [4.78, 5) is 2.25. The molecule has 0 aliphatic heterocycles. The van der Waals surface area contributed by atoms with Crippen LogP contribution in [-0.4, -0.2) is 0 Å². The van der Waals surface area contributed by atoms with E-state index >= 15 is 0 Å². The summed E-state index contributed by atoms with van der Waals surface area (Å²) in [6.45, 7) is 1.54. The van der Waals surface area contributed by atoms with Gasteiger partial charge in [-0.05, 0) is 23.3 Å². The van der Waals surface area contributed by atoms with Gasteiger partial charge in [0.2, 0.25) is 0 Å². The number of anilines is 1. The Hall–Kier alpha value is -3.05. The number of rotatable bonds is 5. The molecule has 3 rings (SSSR count). The lowest BCUT2D eigenvalue weighted by molar-refractivity contribution is 0.798. The molecule has 0 amide bonds. The Balaban J connectivity index is 1.94. The van der Waals surface area contributed by atoms with Crippen LogP contribution in [0.3, 0.4) is 0 Å². The maximum Gasteiger partial charge on any atom is 0.101 e. The van der Waals surface area contributed by atoms with Crippen molar-refractivity contribution in [1.82, 2.24) is 0 Å². The molecule has 0 aromatic heterocycles. The third-order valence-corrected chi connectivity index (χ3v) is 3.80. The number of benzene rings is 3. The van der Waals surface area contributed by atoms with E-state index in [0.29, 0.717) is 5.56 Å². The van der Waals surface area contributed by atoms with Gasteiger partial charge >= 0.3 is 0 Å². The monoisotopic (exact) mass is 298 g/mol. The summed E-state index contributed by atoms with van der Waals surface area (Å²) in [5, 5.41) is 9.42. The van der Waals surface area contributed by atoms with E-state index in [1.54, 1.807) is 0 Å². The minimum atomic E-state index is 0.708. The zero-order chi connectivity index (χ0) is 15.9. The molecule has 0 unspecified atom stereocenters. The maximum absolute atomic E-state index is 9.42. The molecule has 0 atom stereocenters. The molecule has 0 aliphatic carbocycles. The van der Waals surface area contributed by atoms with Gasteiger partial charge in [0.1, 0.15) is 6.07 Å². The topological polar surface area (TPSA) is 27.0 Å². The van der Waals surface area contributed by atoms with E-state index in [0.717, 1.165) is 18.8 Å². The SMILES string of the molecule is N#Cc1ccccc1N(Cc1ccccc1)Cc1ccccc1. The highest BCUT2D eigenvalue weighted by Crippen LogP contribution is 2.24. The number of nitriles is 1. The third-order valence-electron chi connectivity index (χ3n) is 3.80. The lowest BCUT2D eigenvalue weighted by Crippen LogP contribution is -2.23. The molecule has 0 N–H and O–H groups in total. The molecule has 0 saturated heterocycles. The highest BCUT2D eigenvalue weighted by atomic mass is 15.1. The molecule has 112 valence electrons. The van der Waals surface area contributed by atoms with Crippen molar-refractivity contribution in [1.29, 1.82) is 5.26 Å². The van der Waals surface area contributed by atoms with Crippen LogP contribution in [0, 0.1) is 11.3 Å². The van der Waals surface area contributed by atoms with Crippen molar-refractivity contribution in [2.24, 2.45) is 0 Å². The second-order valence-corrected chi connectivity index (χ2v) is 5.46. The predicted octanol–water partition coefficient (Wildman–Crippen LogP) is 4.77. The molecule has 2 heteroatoms. The van der Waals surface area contributed by atoms with Crippen LogP contribution < -0.4 is 4.90 Å². The van der Waals surface area contributed by atoms with Gasteiger partial charge < -0.3 is 4.90 Å². The molecule has 0 radical (unpaired) electrons. The van der Waals surface area contributed by atoms with Crippen LogP contribution in [0.5, 0.6) is 0 Å². The van der Waals surface area contributed by atoms with Gasteiger partial charge in [-0.2, -0.15) is 5.26 Å². The molecule has 23 heavy (non-hydrogen) atoms. The summed E-state index contributed by atoms with van der Waals surface area (Å²) in [5.74, 6) is 0. The first-order chi connectivity index (χ1) is 11.4. The van der Waals surface area contributed by atoms with Gasteiger partial charge in [0.25, 0.3) is 0 Å². The fraction of sp³-hybridized carbons (Fsp3) is 0.0952. The lowest BCUT2D eigenvalue weighted by Gasteiger charge is -2.26. The van der Waals surface area contributed by atoms with E-state index in [4.69, 9.17) is 0 Å². The summed E-state index contributed by atoms with van der Waals surface area (Å²) < 4.78 is 0. The second kappa shape index (κ2) is 7.29. The Morgan fingerprint density at radius 3 is 1.65 bits per heavy atom. The summed E-state index contributed by atoms with van der Waals surface area (Å²) >= 11 is 0. The zero-order valence-electron chi connectivity index (χ0n) is 12.9. The van der Waals surface area contributed by atoms with Gasteiger partial charge in [-0.25, -0.2) is 0 Å². The van der Waals surface area contributed by atoms with Gasteiger partial charge in [0.15, 0.2) is 0 Å². The molecule has 3 aromatic carbocycles. The molecule has 2 nitrogen and oxygen atoms in total. The summed E-state index contributed by atoms with van der Waals surface area (Å²) in [6, 6.07) is 30.8. The number of hydrogen-bond donors (Lipinski definition) is 0. The van der Waals surface area contributed by atoms with Gasteiger partial charge in [0.05, 0.1) is 11.3 Å². The molecule has 0 bridgehead atoms. The molecule has 0 saturated carbocycles. The third kappa shape index (κ3) is 3.78. The number of nitrogens with zero attached hydrogens (tertiary/aromatic N) is 2. The molecule has 0 spiro atoms. The van der Waals surface area contributed by atoms with E-state index < -0.39 is 0 Å². The summed E-state index contributed by atoms with van der Waals surface area (Å²) in [6.07, 6.45) is 0. The van der Waals surface area contributed by atoms with Crippen molar-refractivity contribution in [2.45, 2.75) is 13.1 Å². The van der Waals surface area contributed by atoms with Crippen molar-refractivity contribution in [2.75, 3.05) is 4.90 Å². The Labute approximate surface area is 137 Å². The van der Waals surface area contributed by atoms with Crippen molar-refractivity contribution < 1.29 is 0 Å². The first kappa shape index (κ1) is 14.9. The fourth-order valence-corrected chi connectivity index (χ4v) is 2.68. The van der Waals surface area contributed by atoms with Crippen LogP contribution in [0.1, 0.15) is 16.7 Å². The predicted molar refractivity (Wildman–Crippen MR) is 93.9 cm³/mol. The Bertz CT molecular complexity index is 747. The Morgan fingerprint density at radius 2 is 1.13 bits per heavy atom. The normalized spacial score (nSPS) is 10.0.